The second-order valence-electron chi connectivity index (χ2n) is 14.2. The van der Waals surface area contributed by atoms with Gasteiger partial charge in [0.15, 0.2) is 0 Å². The first kappa shape index (κ1) is 31.7. The van der Waals surface area contributed by atoms with Crippen LogP contribution in [0.25, 0.3) is 5.57 Å². The molecule has 0 fully saturated rings. The monoisotopic (exact) mass is 625 g/mol. The molecule has 0 amide bonds. The van der Waals surface area contributed by atoms with Crippen LogP contribution in [0.15, 0.2) is 127 Å². The summed E-state index contributed by atoms with van der Waals surface area (Å²) >= 11 is 0. The van der Waals surface area contributed by atoms with Crippen molar-refractivity contribution in [1.29, 1.82) is 0 Å². The van der Waals surface area contributed by atoms with Gasteiger partial charge < -0.3 is 4.90 Å². The van der Waals surface area contributed by atoms with E-state index in [2.05, 4.69) is 182 Å². The molecule has 2 aliphatic carbocycles. The molecule has 48 heavy (non-hydrogen) atoms. The van der Waals surface area contributed by atoms with Gasteiger partial charge in [-0.15, -0.1) is 0 Å². The van der Waals surface area contributed by atoms with Crippen LogP contribution in [0.2, 0.25) is 0 Å². The molecular weight excluding hydrogens is 579 g/mol. The molecule has 0 saturated carbocycles. The van der Waals surface area contributed by atoms with Gasteiger partial charge >= 0.3 is 0 Å². The van der Waals surface area contributed by atoms with Crippen molar-refractivity contribution >= 4 is 16.9 Å². The fourth-order valence-corrected chi connectivity index (χ4v) is 7.71. The number of hydrogen-bond acceptors (Lipinski definition) is 1. The van der Waals surface area contributed by atoms with Gasteiger partial charge in [-0.1, -0.05) is 97.1 Å². The first-order valence-electron chi connectivity index (χ1n) is 17.4. The van der Waals surface area contributed by atoms with Crippen LogP contribution in [-0.4, -0.2) is 0 Å². The van der Waals surface area contributed by atoms with Crippen molar-refractivity contribution in [1.82, 2.24) is 0 Å². The maximum atomic E-state index is 2.61. The van der Waals surface area contributed by atoms with Crippen molar-refractivity contribution in [2.75, 3.05) is 4.90 Å². The molecule has 0 aromatic heterocycles. The molecule has 5 aromatic carbocycles. The first-order valence-corrected chi connectivity index (χ1v) is 17.4. The largest absolute Gasteiger partial charge is 0.333 e. The van der Waals surface area contributed by atoms with Gasteiger partial charge in [0.1, 0.15) is 0 Å². The van der Waals surface area contributed by atoms with Gasteiger partial charge in [0.05, 0.1) is 6.04 Å². The minimum atomic E-state index is 0.0746. The van der Waals surface area contributed by atoms with Gasteiger partial charge in [-0.25, -0.2) is 0 Å². The van der Waals surface area contributed by atoms with Crippen molar-refractivity contribution in [2.24, 2.45) is 5.92 Å². The molecule has 1 heteroatoms. The van der Waals surface area contributed by atoms with Gasteiger partial charge in [-0.2, -0.15) is 0 Å². The van der Waals surface area contributed by atoms with E-state index < -0.39 is 0 Å². The zero-order valence-corrected chi connectivity index (χ0v) is 29.7. The third-order valence-corrected chi connectivity index (χ3v) is 11.1. The van der Waals surface area contributed by atoms with Crippen molar-refractivity contribution in [3.8, 4) is 0 Å². The average molecular weight is 626 g/mol. The van der Waals surface area contributed by atoms with Crippen LogP contribution in [0, 0.1) is 61.3 Å². The number of fused-ring (bicyclic) bond motifs is 2. The van der Waals surface area contributed by atoms with Gasteiger partial charge in [0, 0.05) is 23.2 Å². The number of aryl methyl sites for hydroxylation is 8. The molecule has 7 rings (SSSR count). The van der Waals surface area contributed by atoms with E-state index in [0.717, 1.165) is 0 Å². The molecule has 1 nitrogen and oxygen atoms in total. The summed E-state index contributed by atoms with van der Waals surface area (Å²) in [4.78, 5) is 2.61. The summed E-state index contributed by atoms with van der Waals surface area (Å²) in [6.07, 6.45) is 9.34. The predicted octanol–water partition coefficient (Wildman–Crippen LogP) is 12.4. The SMILES string of the molecule is Cc1ccc(C(C2=C3C=CC=CC3C(N(c3ccc(C)c(C)c3)c3ccc(C)c(C)c3)c3ccccc32)c2ccc(C)c(C)c2)cc1C. The Bertz CT molecular complexity index is 2030. The third-order valence-electron chi connectivity index (χ3n) is 11.1. The maximum absolute atomic E-state index is 2.61. The number of anilines is 2. The number of rotatable bonds is 6. The number of nitrogens with zero attached hydrogens (tertiary/aromatic N) is 1. The normalized spacial score (nSPS) is 16.7. The van der Waals surface area contributed by atoms with Gasteiger partial charge in [-0.05, 0) is 158 Å². The Kier molecular flexibility index (Phi) is 8.34. The number of hydrogen-bond donors (Lipinski definition) is 0. The zero-order chi connectivity index (χ0) is 33.7. The lowest BCUT2D eigenvalue weighted by Crippen LogP contribution is -2.35. The van der Waals surface area contributed by atoms with E-state index in [-0.39, 0.29) is 17.9 Å². The van der Waals surface area contributed by atoms with Crippen molar-refractivity contribution in [3.63, 3.8) is 0 Å². The summed E-state index contributed by atoms with van der Waals surface area (Å²) in [5, 5.41) is 0. The predicted molar refractivity (Wildman–Crippen MR) is 206 cm³/mol. The van der Waals surface area contributed by atoms with Crippen LogP contribution in [0.5, 0.6) is 0 Å². The van der Waals surface area contributed by atoms with Gasteiger partial charge in [0.25, 0.3) is 0 Å². The van der Waals surface area contributed by atoms with E-state index in [1.165, 1.54) is 89.3 Å². The lowest BCUT2D eigenvalue weighted by Gasteiger charge is -2.45. The fourth-order valence-electron chi connectivity index (χ4n) is 7.71. The molecule has 5 aromatic rings. The van der Waals surface area contributed by atoms with Crippen molar-refractivity contribution < 1.29 is 0 Å². The van der Waals surface area contributed by atoms with E-state index in [1.807, 2.05) is 0 Å². The highest BCUT2D eigenvalue weighted by Gasteiger charge is 2.41. The van der Waals surface area contributed by atoms with Crippen LogP contribution in [-0.2, 0) is 0 Å². The highest BCUT2D eigenvalue weighted by Crippen LogP contribution is 2.55. The Labute approximate surface area is 288 Å². The van der Waals surface area contributed by atoms with Crippen LogP contribution in [0.4, 0.5) is 11.4 Å². The molecule has 0 saturated heterocycles. The molecule has 0 spiro atoms. The summed E-state index contributed by atoms with van der Waals surface area (Å²) in [5.41, 5.74) is 21.3. The van der Waals surface area contributed by atoms with E-state index >= 15 is 0 Å². The molecule has 0 radical (unpaired) electrons. The lowest BCUT2D eigenvalue weighted by molar-refractivity contribution is 0.569. The Balaban J connectivity index is 1.52. The summed E-state index contributed by atoms with van der Waals surface area (Å²) in [6.45, 7) is 17.8. The molecule has 2 aliphatic rings. The lowest BCUT2D eigenvalue weighted by atomic mass is 9.67. The standard InChI is InChI=1S/C47H47N/c1-29-17-21-37(25-33(29)5)45(38-22-18-30(2)34(6)26-38)46-41-13-9-11-15-43(41)47(44-16-12-10-14-42(44)46)48(39-23-19-31(3)35(7)27-39)40-24-20-32(4)36(8)28-40/h9-28,43,45,47H,1-8H3. The molecular formula is C47H47N. The minimum absolute atomic E-state index is 0.0746. The minimum Gasteiger partial charge on any atom is -0.333 e. The fraction of sp³-hybridized carbons (Fsp3) is 0.234. The molecule has 0 bridgehead atoms. The Morgan fingerprint density at radius 2 is 1.00 bits per heavy atom. The first-order chi connectivity index (χ1) is 23.1. The van der Waals surface area contributed by atoms with E-state index in [1.54, 1.807) is 0 Å². The zero-order valence-electron chi connectivity index (χ0n) is 29.7. The van der Waals surface area contributed by atoms with Crippen LogP contribution >= 0.6 is 0 Å². The number of allylic oxidation sites excluding steroid dienone is 4. The van der Waals surface area contributed by atoms with Gasteiger partial charge in [-0.3, -0.25) is 0 Å². The Morgan fingerprint density at radius 1 is 0.500 bits per heavy atom. The summed E-state index contributed by atoms with van der Waals surface area (Å²) < 4.78 is 0. The molecule has 0 N–H and O–H groups in total. The van der Waals surface area contributed by atoms with Crippen LogP contribution in [0.1, 0.15) is 78.7 Å². The molecule has 240 valence electrons. The molecule has 2 atom stereocenters. The van der Waals surface area contributed by atoms with Crippen molar-refractivity contribution in [2.45, 2.75) is 67.3 Å². The molecule has 2 unspecified atom stereocenters. The van der Waals surface area contributed by atoms with Crippen LogP contribution in [0.3, 0.4) is 0 Å². The number of benzene rings is 5. The third kappa shape index (κ3) is 5.56. The molecule has 0 aliphatic heterocycles. The summed E-state index contributed by atoms with van der Waals surface area (Å²) in [6, 6.07) is 37.4. The van der Waals surface area contributed by atoms with E-state index in [9.17, 15) is 0 Å². The van der Waals surface area contributed by atoms with Crippen LogP contribution < -0.4 is 4.90 Å². The Hall–Kier alpha value is -4.88. The summed E-state index contributed by atoms with van der Waals surface area (Å²) in [7, 11) is 0. The summed E-state index contributed by atoms with van der Waals surface area (Å²) in [5.74, 6) is 0.250. The van der Waals surface area contributed by atoms with E-state index in [4.69, 9.17) is 0 Å². The highest BCUT2D eigenvalue weighted by atomic mass is 15.2. The Morgan fingerprint density at radius 3 is 1.52 bits per heavy atom. The molecule has 0 heterocycles. The van der Waals surface area contributed by atoms with Gasteiger partial charge in [0.2, 0.25) is 0 Å². The quantitative estimate of drug-likeness (QED) is 0.181. The highest BCUT2D eigenvalue weighted by molar-refractivity contribution is 5.86. The second-order valence-corrected chi connectivity index (χ2v) is 14.2. The maximum Gasteiger partial charge on any atom is 0.0700 e. The topological polar surface area (TPSA) is 3.24 Å². The smallest absolute Gasteiger partial charge is 0.0700 e. The van der Waals surface area contributed by atoms with Crippen molar-refractivity contribution in [3.05, 3.63) is 194 Å². The second kappa shape index (κ2) is 12.6. The van der Waals surface area contributed by atoms with E-state index in [0.29, 0.717) is 0 Å². The average Bonchev–Trinajstić information content (AvgIpc) is 3.08.